The Morgan fingerprint density at radius 1 is 1.30 bits per heavy atom. The molecule has 1 unspecified atom stereocenters. The van der Waals surface area contributed by atoms with Gasteiger partial charge in [0.15, 0.2) is 0 Å². The van der Waals surface area contributed by atoms with Crippen molar-refractivity contribution < 1.29 is 0 Å². The number of hydrogen-bond donors (Lipinski definition) is 2. The molecular weight excluding hydrogens is 246 g/mol. The molecule has 3 rings (SSSR count). The Bertz CT molecular complexity index is 567. The average molecular weight is 271 g/mol. The molecule has 1 atom stereocenters. The van der Waals surface area contributed by atoms with Crippen molar-refractivity contribution in [2.45, 2.75) is 39.3 Å². The highest BCUT2D eigenvalue weighted by atomic mass is 15.2. The van der Waals surface area contributed by atoms with Crippen LogP contribution < -0.4 is 5.32 Å². The van der Waals surface area contributed by atoms with Crippen molar-refractivity contribution >= 4 is 10.9 Å². The SMILES string of the molecule is CCCN(Cc1c(C)[nH]c2ccccc12)C1CCNC1. The Hall–Kier alpha value is -1.32. The van der Waals surface area contributed by atoms with Crippen LogP contribution in [-0.4, -0.2) is 35.6 Å². The molecule has 3 nitrogen and oxygen atoms in total. The first-order chi connectivity index (χ1) is 9.79. The molecule has 1 aliphatic heterocycles. The number of benzene rings is 1. The molecular formula is C17H25N3. The number of hydrogen-bond acceptors (Lipinski definition) is 2. The van der Waals surface area contributed by atoms with Crippen molar-refractivity contribution in [2.24, 2.45) is 0 Å². The molecule has 1 aliphatic rings. The third-order valence-corrected chi connectivity index (χ3v) is 4.45. The fourth-order valence-corrected chi connectivity index (χ4v) is 3.37. The molecule has 0 bridgehead atoms. The molecule has 1 aromatic carbocycles. The van der Waals surface area contributed by atoms with Gasteiger partial charge >= 0.3 is 0 Å². The minimum Gasteiger partial charge on any atom is -0.358 e. The lowest BCUT2D eigenvalue weighted by atomic mass is 10.1. The second kappa shape index (κ2) is 5.98. The van der Waals surface area contributed by atoms with Crippen LogP contribution in [0.15, 0.2) is 24.3 Å². The second-order valence-corrected chi connectivity index (χ2v) is 5.89. The lowest BCUT2D eigenvalue weighted by Gasteiger charge is -2.28. The minimum atomic E-state index is 0.697. The van der Waals surface area contributed by atoms with Crippen LogP contribution in [0.1, 0.15) is 31.0 Å². The van der Waals surface area contributed by atoms with Gasteiger partial charge in [0.05, 0.1) is 0 Å². The maximum absolute atomic E-state index is 3.52. The zero-order valence-electron chi connectivity index (χ0n) is 12.6. The zero-order chi connectivity index (χ0) is 13.9. The fraction of sp³-hybridized carbons (Fsp3) is 0.529. The predicted molar refractivity (Wildman–Crippen MR) is 85.0 cm³/mol. The van der Waals surface area contributed by atoms with E-state index in [4.69, 9.17) is 0 Å². The Morgan fingerprint density at radius 3 is 2.90 bits per heavy atom. The molecule has 108 valence electrons. The van der Waals surface area contributed by atoms with Gasteiger partial charge in [0.25, 0.3) is 0 Å². The topological polar surface area (TPSA) is 31.1 Å². The first-order valence-corrected chi connectivity index (χ1v) is 7.80. The maximum atomic E-state index is 3.52. The first kappa shape index (κ1) is 13.7. The van der Waals surface area contributed by atoms with Crippen LogP contribution in [0, 0.1) is 6.92 Å². The number of para-hydroxylation sites is 1. The van der Waals surface area contributed by atoms with E-state index in [1.807, 2.05) is 0 Å². The lowest BCUT2D eigenvalue weighted by Crippen LogP contribution is -2.37. The van der Waals surface area contributed by atoms with Crippen LogP contribution in [-0.2, 0) is 6.54 Å². The molecule has 2 aromatic rings. The Morgan fingerprint density at radius 2 is 2.15 bits per heavy atom. The van der Waals surface area contributed by atoms with E-state index >= 15 is 0 Å². The number of H-pyrrole nitrogens is 1. The van der Waals surface area contributed by atoms with E-state index < -0.39 is 0 Å². The highest BCUT2D eigenvalue weighted by molar-refractivity contribution is 5.84. The van der Waals surface area contributed by atoms with Gasteiger partial charge in [-0.3, -0.25) is 4.90 Å². The molecule has 1 aromatic heterocycles. The standard InChI is InChI=1S/C17H25N3/c1-3-10-20(14-8-9-18-11-14)12-16-13(2)19-17-7-5-4-6-15(16)17/h4-7,14,18-19H,3,8-12H2,1-2H3. The zero-order valence-corrected chi connectivity index (χ0v) is 12.6. The summed E-state index contributed by atoms with van der Waals surface area (Å²) in [7, 11) is 0. The van der Waals surface area contributed by atoms with Crippen molar-refractivity contribution in [2.75, 3.05) is 19.6 Å². The molecule has 0 aliphatic carbocycles. The molecule has 1 saturated heterocycles. The van der Waals surface area contributed by atoms with Crippen molar-refractivity contribution in [1.29, 1.82) is 0 Å². The molecule has 3 heteroatoms. The van der Waals surface area contributed by atoms with Crippen molar-refractivity contribution in [1.82, 2.24) is 15.2 Å². The number of fused-ring (bicyclic) bond motifs is 1. The van der Waals surface area contributed by atoms with Gasteiger partial charge in [-0.15, -0.1) is 0 Å². The molecule has 0 spiro atoms. The summed E-state index contributed by atoms with van der Waals surface area (Å²) >= 11 is 0. The Balaban J connectivity index is 1.87. The predicted octanol–water partition coefficient (Wildman–Crippen LogP) is 3.05. The van der Waals surface area contributed by atoms with Crippen molar-refractivity contribution in [3.05, 3.63) is 35.5 Å². The van der Waals surface area contributed by atoms with Gasteiger partial charge in [0, 0.05) is 35.7 Å². The van der Waals surface area contributed by atoms with E-state index in [-0.39, 0.29) is 0 Å². The van der Waals surface area contributed by atoms with Crippen LogP contribution >= 0.6 is 0 Å². The van der Waals surface area contributed by atoms with Gasteiger partial charge in [-0.2, -0.15) is 0 Å². The first-order valence-electron chi connectivity index (χ1n) is 7.80. The summed E-state index contributed by atoms with van der Waals surface area (Å²) in [5.41, 5.74) is 4.06. The molecule has 2 N–H and O–H groups in total. The number of nitrogens with one attached hydrogen (secondary N) is 2. The number of aromatic nitrogens is 1. The fourth-order valence-electron chi connectivity index (χ4n) is 3.37. The molecule has 0 amide bonds. The molecule has 0 radical (unpaired) electrons. The van der Waals surface area contributed by atoms with Gasteiger partial charge in [0.2, 0.25) is 0 Å². The van der Waals surface area contributed by atoms with E-state index in [1.54, 1.807) is 0 Å². The van der Waals surface area contributed by atoms with Gasteiger partial charge in [-0.05, 0) is 44.5 Å². The van der Waals surface area contributed by atoms with Gasteiger partial charge in [-0.1, -0.05) is 25.1 Å². The van der Waals surface area contributed by atoms with Crippen LogP contribution in [0.5, 0.6) is 0 Å². The van der Waals surface area contributed by atoms with E-state index in [0.29, 0.717) is 6.04 Å². The number of aromatic amines is 1. The smallest absolute Gasteiger partial charge is 0.0459 e. The second-order valence-electron chi connectivity index (χ2n) is 5.89. The summed E-state index contributed by atoms with van der Waals surface area (Å²) in [5.74, 6) is 0. The lowest BCUT2D eigenvalue weighted by molar-refractivity contribution is 0.200. The quantitative estimate of drug-likeness (QED) is 0.875. The summed E-state index contributed by atoms with van der Waals surface area (Å²) < 4.78 is 0. The Labute approximate surface area is 121 Å². The van der Waals surface area contributed by atoms with E-state index in [2.05, 4.69) is 53.3 Å². The third kappa shape index (κ3) is 2.60. The monoisotopic (exact) mass is 271 g/mol. The summed E-state index contributed by atoms with van der Waals surface area (Å²) in [6, 6.07) is 9.36. The number of aryl methyl sites for hydroxylation is 1. The van der Waals surface area contributed by atoms with Gasteiger partial charge < -0.3 is 10.3 Å². The van der Waals surface area contributed by atoms with Crippen molar-refractivity contribution in [3.8, 4) is 0 Å². The molecule has 1 fully saturated rings. The average Bonchev–Trinajstić information content (AvgIpc) is 3.07. The number of rotatable bonds is 5. The van der Waals surface area contributed by atoms with Crippen molar-refractivity contribution in [3.63, 3.8) is 0 Å². The molecule has 20 heavy (non-hydrogen) atoms. The number of nitrogens with zero attached hydrogens (tertiary/aromatic N) is 1. The highest BCUT2D eigenvalue weighted by Gasteiger charge is 2.23. The summed E-state index contributed by atoms with van der Waals surface area (Å²) in [5, 5.41) is 4.88. The van der Waals surface area contributed by atoms with Crippen LogP contribution in [0.4, 0.5) is 0 Å². The van der Waals surface area contributed by atoms with Gasteiger partial charge in [-0.25, -0.2) is 0 Å². The summed E-state index contributed by atoms with van der Waals surface area (Å²) in [6.45, 7) is 9.03. The third-order valence-electron chi connectivity index (χ3n) is 4.45. The van der Waals surface area contributed by atoms with E-state index in [1.165, 1.54) is 41.5 Å². The Kier molecular flexibility index (Phi) is 4.08. The highest BCUT2D eigenvalue weighted by Crippen LogP contribution is 2.25. The van der Waals surface area contributed by atoms with Crippen LogP contribution in [0.25, 0.3) is 10.9 Å². The molecule has 2 heterocycles. The summed E-state index contributed by atoms with van der Waals surface area (Å²) in [6.07, 6.45) is 2.50. The van der Waals surface area contributed by atoms with E-state index in [9.17, 15) is 0 Å². The minimum absolute atomic E-state index is 0.697. The summed E-state index contributed by atoms with van der Waals surface area (Å²) in [4.78, 5) is 6.18. The largest absolute Gasteiger partial charge is 0.358 e. The van der Waals surface area contributed by atoms with Crippen LogP contribution in [0.2, 0.25) is 0 Å². The van der Waals surface area contributed by atoms with E-state index in [0.717, 1.165) is 19.6 Å². The maximum Gasteiger partial charge on any atom is 0.0459 e. The normalized spacial score (nSPS) is 19.2. The van der Waals surface area contributed by atoms with Crippen LogP contribution in [0.3, 0.4) is 0 Å². The van der Waals surface area contributed by atoms with Gasteiger partial charge in [0.1, 0.15) is 0 Å². The molecule has 0 saturated carbocycles.